The van der Waals surface area contributed by atoms with E-state index in [0.29, 0.717) is 5.56 Å². The molecular formula is C26H20N2O3. The van der Waals surface area contributed by atoms with Crippen molar-refractivity contribution in [2.45, 2.75) is 6.92 Å². The third-order valence-electron chi connectivity index (χ3n) is 5.04. The Kier molecular flexibility index (Phi) is 5.58. The predicted octanol–water partition coefficient (Wildman–Crippen LogP) is 5.67. The number of anilines is 1. The molecule has 3 aromatic carbocycles. The molecule has 0 unspecified atom stereocenters. The fourth-order valence-corrected chi connectivity index (χ4v) is 3.46. The second kappa shape index (κ2) is 8.63. The van der Waals surface area contributed by atoms with Crippen molar-refractivity contribution in [3.8, 4) is 22.3 Å². The van der Waals surface area contributed by atoms with Crippen LogP contribution in [0.15, 0.2) is 91.3 Å². The molecule has 152 valence electrons. The van der Waals surface area contributed by atoms with Crippen molar-refractivity contribution in [1.82, 2.24) is 4.98 Å². The molecule has 0 bridgehead atoms. The lowest BCUT2D eigenvalue weighted by molar-refractivity contribution is 0.0698. The molecule has 31 heavy (non-hydrogen) atoms. The van der Waals surface area contributed by atoms with Crippen molar-refractivity contribution in [3.05, 3.63) is 108 Å². The van der Waals surface area contributed by atoms with E-state index in [9.17, 15) is 14.7 Å². The van der Waals surface area contributed by atoms with Crippen LogP contribution < -0.4 is 5.32 Å². The molecule has 4 aromatic rings. The van der Waals surface area contributed by atoms with Crippen LogP contribution in [-0.2, 0) is 0 Å². The number of carbonyl (C=O) groups is 2. The van der Waals surface area contributed by atoms with E-state index >= 15 is 0 Å². The molecule has 0 atom stereocenters. The molecule has 2 N–H and O–H groups in total. The zero-order valence-corrected chi connectivity index (χ0v) is 16.9. The average molecular weight is 408 g/mol. The number of rotatable bonds is 5. The molecule has 5 heteroatoms. The van der Waals surface area contributed by atoms with Gasteiger partial charge in [0.05, 0.1) is 16.8 Å². The number of aromatic nitrogens is 1. The number of hydrogen-bond acceptors (Lipinski definition) is 3. The lowest BCUT2D eigenvalue weighted by Gasteiger charge is -2.14. The van der Waals surface area contributed by atoms with E-state index < -0.39 is 11.9 Å². The van der Waals surface area contributed by atoms with E-state index in [1.54, 1.807) is 24.4 Å². The second-order valence-corrected chi connectivity index (χ2v) is 7.17. The van der Waals surface area contributed by atoms with Crippen LogP contribution >= 0.6 is 0 Å². The quantitative estimate of drug-likeness (QED) is 0.446. The number of carboxylic acids is 1. The van der Waals surface area contributed by atoms with E-state index in [-0.39, 0.29) is 11.3 Å². The van der Waals surface area contributed by atoms with Crippen LogP contribution in [0.2, 0.25) is 0 Å². The minimum Gasteiger partial charge on any atom is -0.478 e. The van der Waals surface area contributed by atoms with Gasteiger partial charge in [0.15, 0.2) is 0 Å². The summed E-state index contributed by atoms with van der Waals surface area (Å²) < 4.78 is 0. The van der Waals surface area contributed by atoms with Crippen molar-refractivity contribution in [2.24, 2.45) is 0 Å². The number of aryl methyl sites for hydroxylation is 1. The Bertz CT molecular complexity index is 1250. The molecule has 1 amide bonds. The van der Waals surface area contributed by atoms with Gasteiger partial charge in [-0.15, -0.1) is 0 Å². The largest absolute Gasteiger partial charge is 0.478 e. The van der Waals surface area contributed by atoms with Gasteiger partial charge in [-0.25, -0.2) is 4.79 Å². The van der Waals surface area contributed by atoms with E-state index in [0.717, 1.165) is 27.8 Å². The molecule has 4 rings (SSSR count). The normalized spacial score (nSPS) is 10.5. The first-order valence-corrected chi connectivity index (χ1v) is 9.78. The third kappa shape index (κ3) is 4.36. The monoisotopic (exact) mass is 408 g/mol. The SMILES string of the molecule is Cc1cc(C(=O)O)c(NC(=O)c2cncc(-c3ccccc3)c2)cc1-c1ccccc1. The van der Waals surface area contributed by atoms with Gasteiger partial charge in [-0.1, -0.05) is 60.7 Å². The number of nitrogens with zero attached hydrogens (tertiary/aromatic N) is 1. The maximum absolute atomic E-state index is 13.0. The van der Waals surface area contributed by atoms with Crippen LogP contribution in [0, 0.1) is 6.92 Å². The predicted molar refractivity (Wildman–Crippen MR) is 121 cm³/mol. The first-order valence-electron chi connectivity index (χ1n) is 9.78. The van der Waals surface area contributed by atoms with Crippen molar-refractivity contribution >= 4 is 17.6 Å². The number of carbonyl (C=O) groups excluding carboxylic acids is 1. The molecule has 5 nitrogen and oxygen atoms in total. The Morgan fingerprint density at radius 2 is 1.45 bits per heavy atom. The maximum atomic E-state index is 13.0. The van der Waals surface area contributed by atoms with Crippen molar-refractivity contribution in [1.29, 1.82) is 0 Å². The van der Waals surface area contributed by atoms with Gasteiger partial charge < -0.3 is 10.4 Å². The Morgan fingerprint density at radius 3 is 2.10 bits per heavy atom. The van der Waals surface area contributed by atoms with E-state index in [1.807, 2.05) is 67.6 Å². The second-order valence-electron chi connectivity index (χ2n) is 7.17. The van der Waals surface area contributed by atoms with Crippen LogP contribution in [0.1, 0.15) is 26.3 Å². The summed E-state index contributed by atoms with van der Waals surface area (Å²) in [6, 6.07) is 24.3. The summed E-state index contributed by atoms with van der Waals surface area (Å²) in [5.74, 6) is -1.52. The molecule has 0 radical (unpaired) electrons. The molecule has 0 fully saturated rings. The van der Waals surface area contributed by atoms with Crippen LogP contribution in [0.3, 0.4) is 0 Å². The average Bonchev–Trinajstić information content (AvgIpc) is 2.81. The first-order chi connectivity index (χ1) is 15.0. The third-order valence-corrected chi connectivity index (χ3v) is 5.04. The summed E-state index contributed by atoms with van der Waals surface area (Å²) in [6.07, 6.45) is 3.16. The van der Waals surface area contributed by atoms with Crippen molar-refractivity contribution < 1.29 is 14.7 Å². The van der Waals surface area contributed by atoms with Crippen molar-refractivity contribution in [2.75, 3.05) is 5.32 Å². The Labute approximate surface area is 180 Å². The lowest BCUT2D eigenvalue weighted by atomic mass is 9.96. The Balaban J connectivity index is 1.70. The van der Waals surface area contributed by atoms with E-state index in [2.05, 4.69) is 10.3 Å². The highest BCUT2D eigenvalue weighted by Crippen LogP contribution is 2.30. The molecule has 0 aliphatic heterocycles. The van der Waals surface area contributed by atoms with Crippen LogP contribution in [0.5, 0.6) is 0 Å². The number of amides is 1. The number of carboxylic acid groups (broad SMARTS) is 1. The Morgan fingerprint density at radius 1 is 0.806 bits per heavy atom. The summed E-state index contributed by atoms with van der Waals surface area (Å²) in [7, 11) is 0. The van der Waals surface area contributed by atoms with Crippen LogP contribution in [-0.4, -0.2) is 22.0 Å². The molecular weight excluding hydrogens is 388 g/mol. The van der Waals surface area contributed by atoms with Gasteiger partial charge in [-0.05, 0) is 47.4 Å². The van der Waals surface area contributed by atoms with Gasteiger partial charge in [0.1, 0.15) is 0 Å². The van der Waals surface area contributed by atoms with Crippen molar-refractivity contribution in [3.63, 3.8) is 0 Å². The van der Waals surface area contributed by atoms with Gasteiger partial charge in [-0.2, -0.15) is 0 Å². The molecule has 0 saturated carbocycles. The molecule has 1 aromatic heterocycles. The summed E-state index contributed by atoms with van der Waals surface area (Å²) in [6.45, 7) is 1.85. The fourth-order valence-electron chi connectivity index (χ4n) is 3.46. The van der Waals surface area contributed by atoms with Crippen LogP contribution in [0.4, 0.5) is 5.69 Å². The van der Waals surface area contributed by atoms with Crippen LogP contribution in [0.25, 0.3) is 22.3 Å². The number of benzene rings is 3. The molecule has 1 heterocycles. The number of pyridine rings is 1. The van der Waals surface area contributed by atoms with Gasteiger partial charge in [0.25, 0.3) is 5.91 Å². The lowest BCUT2D eigenvalue weighted by Crippen LogP contribution is -2.15. The highest BCUT2D eigenvalue weighted by molar-refractivity contribution is 6.08. The summed E-state index contributed by atoms with van der Waals surface area (Å²) in [5.41, 5.74) is 4.99. The zero-order chi connectivity index (χ0) is 21.8. The summed E-state index contributed by atoms with van der Waals surface area (Å²) >= 11 is 0. The molecule has 0 spiro atoms. The Hall–Kier alpha value is -4.25. The van der Waals surface area contributed by atoms with Gasteiger partial charge in [0, 0.05) is 18.0 Å². The molecule has 0 aliphatic rings. The smallest absolute Gasteiger partial charge is 0.337 e. The summed E-state index contributed by atoms with van der Waals surface area (Å²) in [4.78, 5) is 29.0. The number of nitrogens with one attached hydrogen (secondary N) is 1. The highest BCUT2D eigenvalue weighted by Gasteiger charge is 2.17. The maximum Gasteiger partial charge on any atom is 0.337 e. The number of hydrogen-bond donors (Lipinski definition) is 2. The van der Waals surface area contributed by atoms with Gasteiger partial charge >= 0.3 is 5.97 Å². The standard InChI is InChI=1S/C26H20N2O3/c1-17-12-23(26(30)31)24(14-22(17)19-10-6-3-7-11-19)28-25(29)21-13-20(15-27-16-21)18-8-4-2-5-9-18/h2-16H,1H3,(H,28,29)(H,30,31). The van der Waals surface area contributed by atoms with Gasteiger partial charge in [0.2, 0.25) is 0 Å². The summed E-state index contributed by atoms with van der Waals surface area (Å²) in [5, 5.41) is 12.4. The number of aromatic carboxylic acids is 1. The van der Waals surface area contributed by atoms with E-state index in [1.165, 1.54) is 6.20 Å². The molecule has 0 saturated heterocycles. The minimum atomic E-state index is -1.10. The zero-order valence-electron chi connectivity index (χ0n) is 16.9. The van der Waals surface area contributed by atoms with E-state index in [4.69, 9.17) is 0 Å². The highest BCUT2D eigenvalue weighted by atomic mass is 16.4. The first kappa shape index (κ1) is 20.0. The van der Waals surface area contributed by atoms with Gasteiger partial charge in [-0.3, -0.25) is 9.78 Å². The topological polar surface area (TPSA) is 79.3 Å². The fraction of sp³-hybridized carbons (Fsp3) is 0.0385. The minimum absolute atomic E-state index is 0.0395. The molecule has 0 aliphatic carbocycles.